The van der Waals surface area contributed by atoms with E-state index in [-0.39, 0.29) is 42.6 Å². The first-order valence-electron chi connectivity index (χ1n) is 17.7. The molecule has 1 aromatic carbocycles. The summed E-state index contributed by atoms with van der Waals surface area (Å²) in [5, 5.41) is 27.2. The second-order valence-electron chi connectivity index (χ2n) is 14.5. The number of benzene rings is 1. The number of rotatable bonds is 18. The summed E-state index contributed by atoms with van der Waals surface area (Å²) in [6, 6.07) is 8.74. The largest absolute Gasteiger partial charge is 0.390 e. The first-order chi connectivity index (χ1) is 22.9. The number of hydrogen-bond donors (Lipinski definition) is 3. The molecule has 10 nitrogen and oxygen atoms in total. The Kier molecular flexibility index (Phi) is 15.0. The van der Waals surface area contributed by atoms with Crippen LogP contribution in [-0.2, 0) is 32.5 Å². The van der Waals surface area contributed by atoms with Crippen LogP contribution in [0.2, 0.25) is 0 Å². The highest BCUT2D eigenvalue weighted by Gasteiger charge is 2.36. The summed E-state index contributed by atoms with van der Waals surface area (Å²) < 4.78 is 28.8. The van der Waals surface area contributed by atoms with Gasteiger partial charge >= 0.3 is 0 Å². The molecule has 12 heteroatoms. The Morgan fingerprint density at radius 3 is 2.31 bits per heavy atom. The van der Waals surface area contributed by atoms with Gasteiger partial charge in [0.2, 0.25) is 15.9 Å². The number of aliphatic hydroxyl groups is 2. The van der Waals surface area contributed by atoms with Crippen molar-refractivity contribution >= 4 is 33.1 Å². The summed E-state index contributed by atoms with van der Waals surface area (Å²) in [4.78, 5) is 34.8. The average molecular weight is 705 g/mol. The normalized spacial score (nSPS) is 20.2. The second-order valence-corrected chi connectivity index (χ2v) is 17.2. The van der Waals surface area contributed by atoms with E-state index in [9.17, 15) is 28.2 Å². The van der Waals surface area contributed by atoms with Gasteiger partial charge in [-0.1, -0.05) is 76.3 Å². The maximum absolute atomic E-state index is 14.2. The number of ketones is 1. The van der Waals surface area contributed by atoms with E-state index in [2.05, 4.69) is 15.2 Å². The quantitative estimate of drug-likeness (QED) is 0.212. The zero-order valence-corrected chi connectivity index (χ0v) is 30.5. The molecular weight excluding hydrogens is 649 g/mol. The fourth-order valence-electron chi connectivity index (χ4n) is 7.10. The Morgan fingerprint density at radius 1 is 1.00 bits per heavy atom. The molecule has 0 unspecified atom stereocenters. The molecule has 2 fully saturated rings. The number of carbonyl (C=O) groups excluding carboxylic acids is 2. The highest BCUT2D eigenvalue weighted by Crippen LogP contribution is 2.30. The second kappa shape index (κ2) is 18.7. The van der Waals surface area contributed by atoms with Crippen molar-refractivity contribution in [2.75, 3.05) is 39.0 Å². The number of aromatic nitrogens is 1. The lowest BCUT2D eigenvalue weighted by atomic mass is 9.82. The maximum Gasteiger partial charge on any atom is 0.224 e. The van der Waals surface area contributed by atoms with Crippen molar-refractivity contribution in [2.24, 2.45) is 23.7 Å². The van der Waals surface area contributed by atoms with Gasteiger partial charge in [0.25, 0.3) is 0 Å². The van der Waals surface area contributed by atoms with Crippen LogP contribution in [0.25, 0.3) is 0 Å². The molecule has 1 aliphatic heterocycles. The van der Waals surface area contributed by atoms with Gasteiger partial charge in [0.15, 0.2) is 0 Å². The number of Topliss-reactive ketones (excluding diaryl/α,β-unsaturated/α-hetero) is 1. The van der Waals surface area contributed by atoms with E-state index in [1.807, 2.05) is 56.6 Å². The van der Waals surface area contributed by atoms with Crippen molar-refractivity contribution < 1.29 is 28.2 Å². The predicted octanol–water partition coefficient (Wildman–Crippen LogP) is 3.92. The van der Waals surface area contributed by atoms with Gasteiger partial charge in [0.1, 0.15) is 11.9 Å². The van der Waals surface area contributed by atoms with Crippen LogP contribution in [0.5, 0.6) is 0 Å². The van der Waals surface area contributed by atoms with E-state index < -0.39 is 40.1 Å². The summed E-state index contributed by atoms with van der Waals surface area (Å²) in [6.07, 6.45) is 4.56. The number of hydrogen-bond acceptors (Lipinski definition) is 9. The Morgan fingerprint density at radius 2 is 1.69 bits per heavy atom. The van der Waals surface area contributed by atoms with Crippen molar-refractivity contribution in [3.05, 3.63) is 52.5 Å². The molecule has 1 saturated heterocycles. The molecular formula is C36H56N4O6S2. The Balaban J connectivity index is 1.56. The van der Waals surface area contributed by atoms with Crippen molar-refractivity contribution in [2.45, 2.75) is 96.3 Å². The zero-order valence-electron chi connectivity index (χ0n) is 28.9. The van der Waals surface area contributed by atoms with Crippen LogP contribution in [0, 0.1) is 23.7 Å². The zero-order chi connectivity index (χ0) is 34.7. The van der Waals surface area contributed by atoms with Crippen molar-refractivity contribution in [3.63, 3.8) is 0 Å². The SMILES string of the molecule is CC(C)C[C@H](O)[C@H](O)[C@H](CC1CCCCC1)NC(=O)[C@@H](CC(=O)[C@H](Cc1ccccc1)CS(=O)(=O)N1CCN(C)CC1)Cc1cscn1. The molecule has 1 amide bonds. The van der Waals surface area contributed by atoms with Gasteiger partial charge in [-0.05, 0) is 43.7 Å². The van der Waals surface area contributed by atoms with Gasteiger partial charge in [0.05, 0.1) is 35.0 Å². The van der Waals surface area contributed by atoms with Crippen LogP contribution in [0.15, 0.2) is 41.2 Å². The molecule has 0 bridgehead atoms. The topological polar surface area (TPSA) is 140 Å². The molecule has 1 aliphatic carbocycles. The van der Waals surface area contributed by atoms with Gasteiger partial charge < -0.3 is 20.4 Å². The van der Waals surface area contributed by atoms with Crippen molar-refractivity contribution in [1.29, 1.82) is 0 Å². The van der Waals surface area contributed by atoms with Crippen LogP contribution in [-0.4, -0.2) is 102 Å². The number of likely N-dealkylation sites (N-methyl/N-ethyl adjacent to an activating group) is 1. The summed E-state index contributed by atoms with van der Waals surface area (Å²) in [5.41, 5.74) is 3.23. The third-order valence-electron chi connectivity index (χ3n) is 9.96. The van der Waals surface area contributed by atoms with Gasteiger partial charge in [-0.2, -0.15) is 4.31 Å². The Labute approximate surface area is 291 Å². The lowest BCUT2D eigenvalue weighted by Gasteiger charge is -2.34. The van der Waals surface area contributed by atoms with E-state index >= 15 is 0 Å². The molecule has 0 spiro atoms. The minimum absolute atomic E-state index is 0.153. The standard InChI is InChI=1S/C36H56N4O6S2/c1-26(2)18-34(42)35(43)32(20-28-12-8-5-9-13-28)38-36(44)29(21-31-23-47-25-37-31)22-33(41)30(19-27-10-6-4-7-11-27)24-48(45,46)40-16-14-39(3)15-17-40/h4,6-7,10-11,23,25-26,28-30,32,34-35,42-43H,5,8-9,12-22,24H2,1-3H3,(H,38,44)/t29-,30-,32+,34+,35-/m1/s1. The monoisotopic (exact) mass is 704 g/mol. The molecule has 2 aromatic rings. The smallest absolute Gasteiger partial charge is 0.224 e. The first kappa shape index (κ1) is 38.6. The molecule has 5 atom stereocenters. The van der Waals surface area contributed by atoms with Gasteiger partial charge in [-0.25, -0.2) is 13.4 Å². The van der Waals surface area contributed by atoms with Crippen LogP contribution >= 0.6 is 11.3 Å². The highest BCUT2D eigenvalue weighted by atomic mass is 32.2. The first-order valence-corrected chi connectivity index (χ1v) is 20.2. The summed E-state index contributed by atoms with van der Waals surface area (Å²) in [6.45, 7) is 5.99. The Hall–Kier alpha value is -2.22. The lowest BCUT2D eigenvalue weighted by molar-refractivity contribution is -0.132. The minimum Gasteiger partial charge on any atom is -0.390 e. The van der Waals surface area contributed by atoms with Gasteiger partial charge in [-0.3, -0.25) is 9.59 Å². The van der Waals surface area contributed by atoms with E-state index in [0.717, 1.165) is 31.2 Å². The summed E-state index contributed by atoms with van der Waals surface area (Å²) in [5.74, 6) is -2.13. The molecule has 268 valence electrons. The number of carbonyl (C=O) groups is 2. The highest BCUT2D eigenvalue weighted by molar-refractivity contribution is 7.89. The third kappa shape index (κ3) is 12.0. The molecule has 3 N–H and O–H groups in total. The molecule has 2 heterocycles. The van der Waals surface area contributed by atoms with Crippen molar-refractivity contribution in [1.82, 2.24) is 19.5 Å². The summed E-state index contributed by atoms with van der Waals surface area (Å²) in [7, 11) is -1.77. The van der Waals surface area contributed by atoms with Crippen LogP contribution in [0.4, 0.5) is 0 Å². The van der Waals surface area contributed by atoms with E-state index in [4.69, 9.17) is 0 Å². The molecule has 2 aliphatic rings. The molecule has 1 aromatic heterocycles. The van der Waals surface area contributed by atoms with E-state index in [1.165, 1.54) is 22.1 Å². The number of amides is 1. The molecule has 0 radical (unpaired) electrons. The number of piperazine rings is 1. The Bertz CT molecular complexity index is 1360. The summed E-state index contributed by atoms with van der Waals surface area (Å²) >= 11 is 1.41. The predicted molar refractivity (Wildman–Crippen MR) is 190 cm³/mol. The fraction of sp³-hybridized carbons (Fsp3) is 0.694. The maximum atomic E-state index is 14.2. The number of sulfonamides is 1. The molecule has 4 rings (SSSR count). The van der Waals surface area contributed by atoms with E-state index in [1.54, 1.807) is 5.51 Å². The lowest BCUT2D eigenvalue weighted by Crippen LogP contribution is -2.52. The van der Waals surface area contributed by atoms with Gasteiger partial charge in [-0.15, -0.1) is 11.3 Å². The van der Waals surface area contributed by atoms with E-state index in [0.29, 0.717) is 50.6 Å². The van der Waals surface area contributed by atoms with Crippen LogP contribution < -0.4 is 5.32 Å². The van der Waals surface area contributed by atoms with Gasteiger partial charge in [0, 0.05) is 50.3 Å². The fourth-order valence-corrected chi connectivity index (χ4v) is 9.42. The van der Waals surface area contributed by atoms with Crippen molar-refractivity contribution in [3.8, 4) is 0 Å². The third-order valence-corrected chi connectivity index (χ3v) is 12.6. The molecule has 1 saturated carbocycles. The number of thiazole rings is 1. The number of nitrogens with zero attached hydrogens (tertiary/aromatic N) is 3. The van der Waals surface area contributed by atoms with Crippen LogP contribution in [0.3, 0.4) is 0 Å². The van der Waals surface area contributed by atoms with Crippen LogP contribution in [0.1, 0.15) is 76.5 Å². The average Bonchev–Trinajstić information content (AvgIpc) is 3.57. The molecule has 48 heavy (non-hydrogen) atoms. The minimum atomic E-state index is -3.73. The number of aliphatic hydroxyl groups excluding tert-OH is 2. The number of nitrogens with one attached hydrogen (secondary N) is 1.